The number of amides is 1. The van der Waals surface area contributed by atoms with Gasteiger partial charge in [-0.25, -0.2) is 14.6 Å². The molecule has 0 aliphatic carbocycles. The first-order chi connectivity index (χ1) is 13.2. The highest BCUT2D eigenvalue weighted by Gasteiger charge is 2.29. The molecule has 0 radical (unpaired) electrons. The highest BCUT2D eigenvalue weighted by molar-refractivity contribution is 5.92. The Bertz CT molecular complexity index is 981. The minimum atomic E-state index is -0.177. The van der Waals surface area contributed by atoms with Crippen LogP contribution in [0.3, 0.4) is 0 Å². The van der Waals surface area contributed by atoms with Crippen LogP contribution in [0.5, 0.6) is 0 Å². The van der Waals surface area contributed by atoms with Crippen molar-refractivity contribution in [2.45, 2.75) is 32.2 Å². The van der Waals surface area contributed by atoms with Gasteiger partial charge in [-0.15, -0.1) is 5.10 Å². The van der Waals surface area contributed by atoms with Gasteiger partial charge in [0.1, 0.15) is 5.82 Å². The number of H-pyrrole nitrogens is 1. The summed E-state index contributed by atoms with van der Waals surface area (Å²) in [6.45, 7) is 3.73. The Morgan fingerprint density at radius 3 is 2.67 bits per heavy atom. The third-order valence-electron chi connectivity index (χ3n) is 5.02. The zero-order valence-electron chi connectivity index (χ0n) is 15.1. The molecule has 0 spiro atoms. The van der Waals surface area contributed by atoms with Gasteiger partial charge in [-0.2, -0.15) is 5.10 Å². The predicted octanol–water partition coefficient (Wildman–Crippen LogP) is 1.19. The molecule has 2 aromatic heterocycles. The molecule has 27 heavy (non-hydrogen) atoms. The maximum Gasteiger partial charge on any atom is 0.343 e. The van der Waals surface area contributed by atoms with E-state index in [0.29, 0.717) is 25.3 Å². The molecule has 1 fully saturated rings. The average molecular weight is 367 g/mol. The molecule has 0 saturated carbocycles. The minimum absolute atomic E-state index is 0.0859. The summed E-state index contributed by atoms with van der Waals surface area (Å²) in [5, 5.41) is 14.7. The van der Waals surface area contributed by atoms with E-state index in [1.807, 2.05) is 42.2 Å². The second kappa shape index (κ2) is 7.18. The van der Waals surface area contributed by atoms with Crippen molar-refractivity contribution in [3.8, 4) is 5.69 Å². The molecule has 0 atom stereocenters. The Morgan fingerprint density at radius 2 is 1.96 bits per heavy atom. The topological polar surface area (TPSA) is 102 Å². The standard InChI is InChI=1S/C18H21N7O2/c1-2-24-16(20-21-18(24)27)13-8-10-23(11-9-13)17(26)15-12-19-22-25(15)14-6-4-3-5-7-14/h3-7,12-13H,2,8-11H2,1H3,(H,21,27). The fourth-order valence-electron chi connectivity index (χ4n) is 3.59. The molecule has 1 aliphatic rings. The zero-order valence-corrected chi connectivity index (χ0v) is 15.1. The molecule has 9 heteroatoms. The number of aromatic nitrogens is 6. The van der Waals surface area contributed by atoms with Crippen molar-refractivity contribution >= 4 is 5.91 Å². The molecular formula is C18H21N7O2. The third-order valence-corrected chi connectivity index (χ3v) is 5.02. The number of piperidine rings is 1. The van der Waals surface area contributed by atoms with Gasteiger partial charge >= 0.3 is 5.69 Å². The number of aromatic amines is 1. The van der Waals surface area contributed by atoms with Gasteiger partial charge in [0.25, 0.3) is 5.91 Å². The zero-order chi connectivity index (χ0) is 18.8. The molecule has 1 aromatic carbocycles. The fraction of sp³-hybridized carbons (Fsp3) is 0.389. The van der Waals surface area contributed by atoms with E-state index >= 15 is 0 Å². The van der Waals surface area contributed by atoms with Crippen LogP contribution < -0.4 is 5.69 Å². The van der Waals surface area contributed by atoms with Crippen LogP contribution in [0.2, 0.25) is 0 Å². The second-order valence-electron chi connectivity index (χ2n) is 6.56. The van der Waals surface area contributed by atoms with Crippen LogP contribution in [0.15, 0.2) is 41.3 Å². The van der Waals surface area contributed by atoms with Crippen molar-refractivity contribution in [2.24, 2.45) is 0 Å². The number of carbonyl (C=O) groups excluding carboxylic acids is 1. The second-order valence-corrected chi connectivity index (χ2v) is 6.56. The largest absolute Gasteiger partial charge is 0.343 e. The fourth-order valence-corrected chi connectivity index (χ4v) is 3.59. The summed E-state index contributed by atoms with van der Waals surface area (Å²) < 4.78 is 3.23. The van der Waals surface area contributed by atoms with Crippen LogP contribution in [0.4, 0.5) is 0 Å². The number of para-hydroxylation sites is 1. The smallest absolute Gasteiger partial charge is 0.337 e. The number of nitrogens with zero attached hydrogens (tertiary/aromatic N) is 6. The SMILES string of the molecule is CCn1c(C2CCN(C(=O)c3cnnn3-c3ccccc3)CC2)n[nH]c1=O. The number of benzene rings is 1. The van der Waals surface area contributed by atoms with Gasteiger partial charge in [-0.05, 0) is 31.9 Å². The summed E-state index contributed by atoms with van der Waals surface area (Å²) in [5.74, 6) is 0.868. The molecule has 3 aromatic rings. The van der Waals surface area contributed by atoms with E-state index < -0.39 is 0 Å². The number of carbonyl (C=O) groups is 1. The first-order valence-electron chi connectivity index (χ1n) is 9.09. The van der Waals surface area contributed by atoms with Crippen LogP contribution in [0.25, 0.3) is 5.69 Å². The molecule has 0 bridgehead atoms. The summed E-state index contributed by atoms with van der Waals surface area (Å²) >= 11 is 0. The highest BCUT2D eigenvalue weighted by Crippen LogP contribution is 2.27. The number of nitrogens with one attached hydrogen (secondary N) is 1. The molecule has 1 N–H and O–H groups in total. The summed E-state index contributed by atoms with van der Waals surface area (Å²) in [4.78, 5) is 26.6. The van der Waals surface area contributed by atoms with Crippen molar-refractivity contribution in [3.63, 3.8) is 0 Å². The minimum Gasteiger partial charge on any atom is -0.337 e. The van der Waals surface area contributed by atoms with Crippen LogP contribution in [-0.2, 0) is 6.54 Å². The van der Waals surface area contributed by atoms with Gasteiger partial charge in [-0.3, -0.25) is 9.36 Å². The Kier molecular flexibility index (Phi) is 4.57. The summed E-state index contributed by atoms with van der Waals surface area (Å²) in [6.07, 6.45) is 3.04. The van der Waals surface area contributed by atoms with Crippen LogP contribution >= 0.6 is 0 Å². The lowest BCUT2D eigenvalue weighted by Gasteiger charge is -2.31. The molecule has 140 valence electrons. The van der Waals surface area contributed by atoms with Crippen LogP contribution in [0, 0.1) is 0 Å². The van der Waals surface area contributed by atoms with Gasteiger partial charge in [0.05, 0.1) is 11.9 Å². The highest BCUT2D eigenvalue weighted by atomic mass is 16.2. The predicted molar refractivity (Wildman–Crippen MR) is 97.8 cm³/mol. The molecule has 0 unspecified atom stereocenters. The maximum absolute atomic E-state index is 13.0. The van der Waals surface area contributed by atoms with Crippen LogP contribution in [-0.4, -0.2) is 53.7 Å². The Hall–Kier alpha value is -3.23. The summed E-state index contributed by atoms with van der Waals surface area (Å²) in [7, 11) is 0. The summed E-state index contributed by atoms with van der Waals surface area (Å²) in [6, 6.07) is 9.48. The Morgan fingerprint density at radius 1 is 1.22 bits per heavy atom. The van der Waals surface area contributed by atoms with Crippen LogP contribution in [0.1, 0.15) is 42.0 Å². The molecule has 1 amide bonds. The van der Waals surface area contributed by atoms with Crippen molar-refractivity contribution in [3.05, 3.63) is 58.5 Å². The van der Waals surface area contributed by atoms with Crippen molar-refractivity contribution < 1.29 is 4.79 Å². The van der Waals surface area contributed by atoms with Crippen molar-refractivity contribution in [2.75, 3.05) is 13.1 Å². The quantitative estimate of drug-likeness (QED) is 0.746. The van der Waals surface area contributed by atoms with Gasteiger partial charge in [0, 0.05) is 25.6 Å². The average Bonchev–Trinajstić information content (AvgIpc) is 3.35. The lowest BCUT2D eigenvalue weighted by molar-refractivity contribution is 0.0701. The number of hydrogen-bond donors (Lipinski definition) is 1. The first-order valence-corrected chi connectivity index (χ1v) is 9.09. The lowest BCUT2D eigenvalue weighted by atomic mass is 9.95. The molecule has 9 nitrogen and oxygen atoms in total. The van der Waals surface area contributed by atoms with E-state index in [1.165, 1.54) is 6.20 Å². The Labute approximate surface area is 155 Å². The van der Waals surface area contributed by atoms with Crippen molar-refractivity contribution in [1.29, 1.82) is 0 Å². The van der Waals surface area contributed by atoms with Gasteiger partial charge < -0.3 is 4.90 Å². The third kappa shape index (κ3) is 3.16. The van der Waals surface area contributed by atoms with Gasteiger partial charge in [-0.1, -0.05) is 23.4 Å². The maximum atomic E-state index is 13.0. The first kappa shape index (κ1) is 17.2. The molecule has 1 aliphatic heterocycles. The van der Waals surface area contributed by atoms with E-state index in [2.05, 4.69) is 20.5 Å². The number of likely N-dealkylation sites (tertiary alicyclic amines) is 1. The monoisotopic (exact) mass is 367 g/mol. The van der Waals surface area contributed by atoms with Gasteiger partial charge in [0.15, 0.2) is 5.69 Å². The molecule has 3 heterocycles. The molecular weight excluding hydrogens is 346 g/mol. The van der Waals surface area contributed by atoms with Gasteiger partial charge in [0.2, 0.25) is 0 Å². The van der Waals surface area contributed by atoms with E-state index in [1.54, 1.807) is 9.25 Å². The number of hydrogen-bond acceptors (Lipinski definition) is 5. The lowest BCUT2D eigenvalue weighted by Crippen LogP contribution is -2.39. The van der Waals surface area contributed by atoms with Crippen molar-refractivity contribution in [1.82, 2.24) is 34.7 Å². The normalized spacial score (nSPS) is 15.2. The van der Waals surface area contributed by atoms with E-state index in [9.17, 15) is 9.59 Å². The Balaban J connectivity index is 1.49. The van der Waals surface area contributed by atoms with E-state index in [-0.39, 0.29) is 17.5 Å². The molecule has 1 saturated heterocycles. The van der Waals surface area contributed by atoms with E-state index in [0.717, 1.165) is 24.4 Å². The summed E-state index contributed by atoms with van der Waals surface area (Å²) in [5.41, 5.74) is 1.07. The molecule has 4 rings (SSSR count). The van der Waals surface area contributed by atoms with E-state index in [4.69, 9.17) is 0 Å². The number of rotatable bonds is 4.